The highest BCUT2D eigenvalue weighted by Gasteiger charge is 2.18. The maximum absolute atomic E-state index is 11.0. The molecule has 0 aromatic carbocycles. The van der Waals surface area contributed by atoms with Crippen molar-refractivity contribution in [3.63, 3.8) is 0 Å². The molecule has 112 valence electrons. The van der Waals surface area contributed by atoms with Crippen LogP contribution in [0.2, 0.25) is 0 Å². The number of aryl methyl sites for hydroxylation is 1. The number of amides is 1. The Morgan fingerprint density at radius 3 is 3.00 bits per heavy atom. The molecule has 0 saturated heterocycles. The first-order chi connectivity index (χ1) is 10.1. The Kier molecular flexibility index (Phi) is 4.32. The molecule has 1 amide bonds. The molecule has 1 N–H and O–H groups in total. The number of carbonyl (C=O) groups is 1. The fourth-order valence-corrected chi connectivity index (χ4v) is 4.38. The van der Waals surface area contributed by atoms with Crippen molar-refractivity contribution >= 4 is 33.7 Å². The van der Waals surface area contributed by atoms with Crippen LogP contribution in [-0.2, 0) is 24.2 Å². The Morgan fingerprint density at radius 1 is 1.38 bits per heavy atom. The number of carbonyl (C=O) groups excluding carboxylic acids is 1. The maximum Gasteiger partial charge on any atom is 0.223 e. The van der Waals surface area contributed by atoms with E-state index in [0.717, 1.165) is 32.5 Å². The molecule has 3 rings (SSSR count). The lowest BCUT2D eigenvalue weighted by atomic mass is 10.2. The minimum atomic E-state index is -0.0726. The highest BCUT2D eigenvalue weighted by molar-refractivity contribution is 7.15. The van der Waals surface area contributed by atoms with E-state index in [1.54, 1.807) is 11.3 Å². The molecular formula is C14H18N4OS2. The quantitative estimate of drug-likeness (QED) is 0.943. The van der Waals surface area contributed by atoms with Gasteiger partial charge in [-0.2, -0.15) is 0 Å². The molecule has 2 aromatic rings. The first-order valence-electron chi connectivity index (χ1n) is 7.00. The van der Waals surface area contributed by atoms with Gasteiger partial charge in [0, 0.05) is 48.9 Å². The van der Waals surface area contributed by atoms with E-state index in [1.807, 2.05) is 17.5 Å². The third kappa shape index (κ3) is 3.66. The molecule has 0 aliphatic carbocycles. The van der Waals surface area contributed by atoms with E-state index >= 15 is 0 Å². The van der Waals surface area contributed by atoms with Crippen LogP contribution < -0.4 is 5.32 Å². The van der Waals surface area contributed by atoms with Crippen molar-refractivity contribution in [2.75, 3.05) is 18.4 Å². The van der Waals surface area contributed by atoms with E-state index in [4.69, 9.17) is 0 Å². The van der Waals surface area contributed by atoms with Gasteiger partial charge in [0.05, 0.1) is 10.7 Å². The van der Waals surface area contributed by atoms with Crippen molar-refractivity contribution in [1.29, 1.82) is 0 Å². The Labute approximate surface area is 132 Å². The summed E-state index contributed by atoms with van der Waals surface area (Å²) in [6.45, 7) is 6.57. The summed E-state index contributed by atoms with van der Waals surface area (Å²) in [5.41, 5.74) is 1.28. The van der Waals surface area contributed by atoms with Crippen LogP contribution >= 0.6 is 22.7 Å². The average molecular weight is 322 g/mol. The molecule has 1 aliphatic heterocycles. The van der Waals surface area contributed by atoms with E-state index in [0.29, 0.717) is 5.13 Å². The summed E-state index contributed by atoms with van der Waals surface area (Å²) in [6.07, 6.45) is 3.97. The van der Waals surface area contributed by atoms with Gasteiger partial charge in [-0.3, -0.25) is 9.69 Å². The van der Waals surface area contributed by atoms with Crippen LogP contribution in [0.25, 0.3) is 0 Å². The summed E-state index contributed by atoms with van der Waals surface area (Å²) >= 11 is 3.38. The zero-order valence-electron chi connectivity index (χ0n) is 12.2. The molecule has 21 heavy (non-hydrogen) atoms. The van der Waals surface area contributed by atoms with Gasteiger partial charge < -0.3 is 5.32 Å². The zero-order valence-corrected chi connectivity index (χ0v) is 13.8. The van der Waals surface area contributed by atoms with Crippen molar-refractivity contribution < 1.29 is 4.79 Å². The summed E-state index contributed by atoms with van der Waals surface area (Å²) < 4.78 is 0. The van der Waals surface area contributed by atoms with Crippen LogP contribution in [0.1, 0.15) is 27.4 Å². The van der Waals surface area contributed by atoms with Gasteiger partial charge in [0.2, 0.25) is 5.91 Å². The van der Waals surface area contributed by atoms with Crippen LogP contribution in [-0.4, -0.2) is 33.9 Å². The van der Waals surface area contributed by atoms with Gasteiger partial charge in [0.25, 0.3) is 0 Å². The molecule has 7 heteroatoms. The summed E-state index contributed by atoms with van der Waals surface area (Å²) in [7, 11) is 0. The van der Waals surface area contributed by atoms with Gasteiger partial charge in [0.15, 0.2) is 5.13 Å². The number of aromatic nitrogens is 2. The van der Waals surface area contributed by atoms with Gasteiger partial charge in [-0.25, -0.2) is 9.97 Å². The van der Waals surface area contributed by atoms with Crippen LogP contribution in [0.4, 0.5) is 5.13 Å². The molecular weight excluding hydrogens is 304 g/mol. The van der Waals surface area contributed by atoms with Gasteiger partial charge in [-0.05, 0) is 13.3 Å². The Balaban J connectivity index is 1.60. The third-order valence-corrected chi connectivity index (χ3v) is 5.39. The molecule has 0 atom stereocenters. The van der Waals surface area contributed by atoms with E-state index in [-0.39, 0.29) is 5.91 Å². The Hall–Kier alpha value is -1.31. The van der Waals surface area contributed by atoms with Crippen molar-refractivity contribution in [3.05, 3.63) is 26.7 Å². The minimum absolute atomic E-state index is 0.0726. The lowest BCUT2D eigenvalue weighted by Gasteiger charge is -2.18. The lowest BCUT2D eigenvalue weighted by Crippen LogP contribution is -2.25. The highest BCUT2D eigenvalue weighted by atomic mass is 32.1. The highest BCUT2D eigenvalue weighted by Crippen LogP contribution is 2.24. The predicted octanol–water partition coefficient (Wildman–Crippen LogP) is 2.47. The van der Waals surface area contributed by atoms with E-state index in [9.17, 15) is 4.79 Å². The second-order valence-electron chi connectivity index (χ2n) is 5.19. The summed E-state index contributed by atoms with van der Waals surface area (Å²) in [5.74, 6) is -0.0726. The molecule has 0 spiro atoms. The summed E-state index contributed by atoms with van der Waals surface area (Å²) in [4.78, 5) is 25.0. The van der Waals surface area contributed by atoms with Crippen LogP contribution in [0.3, 0.4) is 0 Å². The molecule has 3 heterocycles. The SMILES string of the molecule is CC(=O)Nc1ncc(CN2CCc3nc(C)sc3CC2)s1. The number of hydrogen-bond acceptors (Lipinski definition) is 6. The van der Waals surface area contributed by atoms with Gasteiger partial charge in [0.1, 0.15) is 0 Å². The Morgan fingerprint density at radius 2 is 2.19 bits per heavy atom. The van der Waals surface area contributed by atoms with Crippen molar-refractivity contribution in [2.45, 2.75) is 33.2 Å². The number of rotatable bonds is 3. The van der Waals surface area contributed by atoms with Crippen molar-refractivity contribution in [3.8, 4) is 0 Å². The van der Waals surface area contributed by atoms with Gasteiger partial charge in [-0.15, -0.1) is 22.7 Å². The standard InChI is InChI=1S/C14H18N4OS2/c1-9(19)16-14-15-7-11(21-14)8-18-5-3-12-13(4-6-18)20-10(2)17-12/h7H,3-6,8H2,1-2H3,(H,15,16,19). The molecule has 5 nitrogen and oxygen atoms in total. The second-order valence-corrected chi connectivity index (χ2v) is 7.59. The minimum Gasteiger partial charge on any atom is -0.302 e. The number of thiazole rings is 2. The summed E-state index contributed by atoms with van der Waals surface area (Å²) in [6, 6.07) is 0. The molecule has 0 bridgehead atoms. The zero-order chi connectivity index (χ0) is 14.8. The number of nitrogens with zero attached hydrogens (tertiary/aromatic N) is 3. The number of fused-ring (bicyclic) bond motifs is 1. The molecule has 2 aromatic heterocycles. The number of hydrogen-bond donors (Lipinski definition) is 1. The average Bonchev–Trinajstić information content (AvgIpc) is 2.94. The molecule has 0 fully saturated rings. The first kappa shape index (κ1) is 14.6. The fraction of sp³-hybridized carbons (Fsp3) is 0.500. The lowest BCUT2D eigenvalue weighted by molar-refractivity contribution is -0.114. The van der Waals surface area contributed by atoms with Crippen molar-refractivity contribution in [1.82, 2.24) is 14.9 Å². The largest absolute Gasteiger partial charge is 0.302 e. The molecule has 1 aliphatic rings. The number of nitrogens with one attached hydrogen (secondary N) is 1. The molecule has 0 saturated carbocycles. The monoisotopic (exact) mass is 322 g/mol. The van der Waals surface area contributed by atoms with Gasteiger partial charge >= 0.3 is 0 Å². The first-order valence-corrected chi connectivity index (χ1v) is 8.63. The van der Waals surface area contributed by atoms with Crippen LogP contribution in [0, 0.1) is 6.92 Å². The van der Waals surface area contributed by atoms with Crippen molar-refractivity contribution in [2.24, 2.45) is 0 Å². The summed E-state index contributed by atoms with van der Waals surface area (Å²) in [5, 5.41) is 4.59. The molecule has 0 unspecified atom stereocenters. The fourth-order valence-electron chi connectivity index (χ4n) is 2.51. The van der Waals surface area contributed by atoms with E-state index in [1.165, 1.54) is 27.4 Å². The smallest absolute Gasteiger partial charge is 0.223 e. The topological polar surface area (TPSA) is 58.1 Å². The maximum atomic E-state index is 11.0. The Bertz CT molecular complexity index is 624. The van der Waals surface area contributed by atoms with Gasteiger partial charge in [-0.1, -0.05) is 0 Å². The van der Waals surface area contributed by atoms with Crippen LogP contribution in [0.5, 0.6) is 0 Å². The molecule has 0 radical (unpaired) electrons. The second kappa shape index (κ2) is 6.21. The third-order valence-electron chi connectivity index (χ3n) is 3.42. The predicted molar refractivity (Wildman–Crippen MR) is 86.0 cm³/mol. The number of anilines is 1. The normalized spacial score (nSPS) is 15.5. The van der Waals surface area contributed by atoms with Crippen LogP contribution in [0.15, 0.2) is 6.20 Å². The van der Waals surface area contributed by atoms with E-state index in [2.05, 4.69) is 27.1 Å². The van der Waals surface area contributed by atoms with E-state index < -0.39 is 0 Å².